The number of halogens is 2. The lowest BCUT2D eigenvalue weighted by Gasteiger charge is -2.29. The van der Waals surface area contributed by atoms with Crippen LogP contribution in [-0.2, 0) is 15.1 Å². The predicted molar refractivity (Wildman–Crippen MR) is 75.5 cm³/mol. The summed E-state index contributed by atoms with van der Waals surface area (Å²) in [5.41, 5.74) is 3.35. The number of hydrogen-bond donors (Lipinski definition) is 1. The van der Waals surface area contributed by atoms with Gasteiger partial charge in [-0.3, -0.25) is 0 Å². The van der Waals surface area contributed by atoms with E-state index >= 15 is 0 Å². The van der Waals surface area contributed by atoms with Crippen LogP contribution in [0.3, 0.4) is 0 Å². The number of nitrogens with one attached hydrogen (secondary N) is 1. The molecule has 2 saturated carbocycles. The molecule has 5 heteroatoms. The minimum atomic E-state index is -0.437. The predicted octanol–water partition coefficient (Wildman–Crippen LogP) is 3.28. The Labute approximate surface area is 125 Å². The SMILES string of the molecule is Fc1ccc(Br)cc1[C@]12C[C@@H](OC3CC3)C[C@H]1CON2. The summed E-state index contributed by atoms with van der Waals surface area (Å²) in [6.45, 7) is 0.622. The molecule has 3 fully saturated rings. The van der Waals surface area contributed by atoms with Crippen LogP contribution in [0.5, 0.6) is 0 Å². The average Bonchev–Trinajstić information content (AvgIpc) is 3.02. The zero-order chi connectivity index (χ0) is 13.7. The molecule has 1 aromatic rings. The number of rotatable bonds is 3. The third-order valence-corrected chi connectivity index (χ3v) is 5.14. The van der Waals surface area contributed by atoms with Gasteiger partial charge < -0.3 is 9.57 Å². The summed E-state index contributed by atoms with van der Waals surface area (Å²) in [6.07, 6.45) is 4.70. The highest BCUT2D eigenvalue weighted by Gasteiger charge is 2.54. The van der Waals surface area contributed by atoms with Crippen molar-refractivity contribution in [2.45, 2.75) is 43.4 Å². The highest BCUT2D eigenvalue weighted by atomic mass is 79.9. The van der Waals surface area contributed by atoms with Gasteiger partial charge >= 0.3 is 0 Å². The fourth-order valence-corrected chi connectivity index (χ4v) is 3.90. The standard InChI is InChI=1S/C15H17BrFNO2/c16-10-1-4-14(17)13(6-10)15-7-12(20-11-2-3-11)5-9(15)8-19-18-15/h1,4,6,9,11-12,18H,2-3,5,7-8H2/t9-,12-,15-/m0/s1. The van der Waals surface area contributed by atoms with Crippen molar-refractivity contribution >= 4 is 15.9 Å². The molecule has 20 heavy (non-hydrogen) atoms. The van der Waals surface area contributed by atoms with E-state index in [2.05, 4.69) is 21.4 Å². The minimum Gasteiger partial charge on any atom is -0.375 e. The number of hydroxylamine groups is 1. The van der Waals surface area contributed by atoms with E-state index in [-0.39, 0.29) is 17.8 Å². The van der Waals surface area contributed by atoms with Crippen LogP contribution in [0, 0.1) is 11.7 Å². The molecule has 0 bridgehead atoms. The van der Waals surface area contributed by atoms with Crippen LogP contribution in [0.25, 0.3) is 0 Å². The zero-order valence-electron chi connectivity index (χ0n) is 11.1. The van der Waals surface area contributed by atoms with Crippen molar-refractivity contribution in [1.29, 1.82) is 0 Å². The Kier molecular flexibility index (Phi) is 3.14. The fourth-order valence-electron chi connectivity index (χ4n) is 3.54. The van der Waals surface area contributed by atoms with Gasteiger partial charge in [-0.1, -0.05) is 15.9 Å². The number of ether oxygens (including phenoxy) is 1. The van der Waals surface area contributed by atoms with Crippen LogP contribution in [-0.4, -0.2) is 18.8 Å². The molecule has 3 aliphatic rings. The van der Waals surface area contributed by atoms with E-state index < -0.39 is 5.54 Å². The summed E-state index contributed by atoms with van der Waals surface area (Å²) < 4.78 is 21.2. The minimum absolute atomic E-state index is 0.178. The molecular weight excluding hydrogens is 325 g/mol. The van der Waals surface area contributed by atoms with Gasteiger partial charge in [-0.2, -0.15) is 5.48 Å². The van der Waals surface area contributed by atoms with Crippen molar-refractivity contribution in [2.24, 2.45) is 5.92 Å². The van der Waals surface area contributed by atoms with Crippen LogP contribution in [0.15, 0.2) is 22.7 Å². The first-order valence-electron chi connectivity index (χ1n) is 7.17. The maximum absolute atomic E-state index is 14.3. The molecular formula is C15H17BrFNO2. The van der Waals surface area contributed by atoms with E-state index in [1.54, 1.807) is 6.07 Å². The number of hydrogen-bond acceptors (Lipinski definition) is 3. The normalized spacial score (nSPS) is 36.3. The Morgan fingerprint density at radius 3 is 3.00 bits per heavy atom. The number of fused-ring (bicyclic) bond motifs is 1. The Bertz CT molecular complexity index is 537. The van der Waals surface area contributed by atoms with Crippen molar-refractivity contribution in [3.8, 4) is 0 Å². The van der Waals surface area contributed by atoms with Gasteiger partial charge in [0, 0.05) is 16.0 Å². The smallest absolute Gasteiger partial charge is 0.128 e. The van der Waals surface area contributed by atoms with E-state index in [4.69, 9.17) is 9.57 Å². The molecule has 0 spiro atoms. The monoisotopic (exact) mass is 341 g/mol. The molecule has 1 saturated heterocycles. The van der Waals surface area contributed by atoms with Gasteiger partial charge in [0.1, 0.15) is 5.82 Å². The molecule has 0 aromatic heterocycles. The van der Waals surface area contributed by atoms with Crippen molar-refractivity contribution in [3.05, 3.63) is 34.1 Å². The van der Waals surface area contributed by atoms with Crippen molar-refractivity contribution in [3.63, 3.8) is 0 Å². The molecule has 0 amide bonds. The summed E-state index contributed by atoms with van der Waals surface area (Å²) in [4.78, 5) is 5.45. The molecule has 4 rings (SSSR count). The topological polar surface area (TPSA) is 30.5 Å². The molecule has 0 unspecified atom stereocenters. The van der Waals surface area contributed by atoms with E-state index in [1.165, 1.54) is 18.9 Å². The third kappa shape index (κ3) is 2.11. The summed E-state index contributed by atoms with van der Waals surface area (Å²) in [7, 11) is 0. The van der Waals surface area contributed by atoms with Crippen molar-refractivity contribution in [2.75, 3.05) is 6.61 Å². The first kappa shape index (κ1) is 13.2. The highest BCUT2D eigenvalue weighted by Crippen LogP contribution is 2.50. The van der Waals surface area contributed by atoms with Gasteiger partial charge in [0.25, 0.3) is 0 Å². The quantitative estimate of drug-likeness (QED) is 0.915. The van der Waals surface area contributed by atoms with E-state index in [0.29, 0.717) is 18.3 Å². The Morgan fingerprint density at radius 2 is 2.20 bits per heavy atom. The first-order chi connectivity index (χ1) is 9.67. The third-order valence-electron chi connectivity index (χ3n) is 4.65. The highest BCUT2D eigenvalue weighted by molar-refractivity contribution is 9.10. The summed E-state index contributed by atoms with van der Waals surface area (Å²) >= 11 is 3.44. The average molecular weight is 342 g/mol. The van der Waals surface area contributed by atoms with E-state index in [9.17, 15) is 4.39 Å². The lowest BCUT2D eigenvalue weighted by molar-refractivity contribution is 0.00358. The molecule has 1 heterocycles. The van der Waals surface area contributed by atoms with Crippen LogP contribution >= 0.6 is 15.9 Å². The van der Waals surface area contributed by atoms with Gasteiger partial charge in [-0.15, -0.1) is 0 Å². The van der Waals surface area contributed by atoms with Crippen LogP contribution in [0.2, 0.25) is 0 Å². The molecule has 3 atom stereocenters. The second kappa shape index (κ2) is 4.77. The first-order valence-corrected chi connectivity index (χ1v) is 7.96. The largest absolute Gasteiger partial charge is 0.375 e. The molecule has 2 aliphatic carbocycles. The van der Waals surface area contributed by atoms with Crippen LogP contribution in [0.1, 0.15) is 31.2 Å². The molecule has 1 N–H and O–H groups in total. The Morgan fingerprint density at radius 1 is 1.35 bits per heavy atom. The van der Waals surface area contributed by atoms with Gasteiger partial charge in [-0.25, -0.2) is 4.39 Å². The second-order valence-electron chi connectivity index (χ2n) is 6.10. The summed E-state index contributed by atoms with van der Waals surface area (Å²) in [5.74, 6) is 0.0957. The molecule has 108 valence electrons. The van der Waals surface area contributed by atoms with E-state index in [1.807, 2.05) is 6.07 Å². The maximum Gasteiger partial charge on any atom is 0.128 e. The fraction of sp³-hybridized carbons (Fsp3) is 0.600. The van der Waals surface area contributed by atoms with Gasteiger partial charge in [0.05, 0.1) is 24.4 Å². The van der Waals surface area contributed by atoms with Crippen molar-refractivity contribution in [1.82, 2.24) is 5.48 Å². The van der Waals surface area contributed by atoms with E-state index in [0.717, 1.165) is 17.3 Å². The molecule has 0 radical (unpaired) electrons. The lowest BCUT2D eigenvalue weighted by atomic mass is 9.82. The summed E-state index contributed by atoms with van der Waals surface area (Å²) in [5, 5.41) is 0. The van der Waals surface area contributed by atoms with Crippen LogP contribution < -0.4 is 5.48 Å². The zero-order valence-corrected chi connectivity index (χ0v) is 12.7. The molecule has 3 nitrogen and oxygen atoms in total. The number of benzene rings is 1. The lowest BCUT2D eigenvalue weighted by Crippen LogP contribution is -2.39. The Hall–Kier alpha value is -0.490. The maximum atomic E-state index is 14.3. The van der Waals surface area contributed by atoms with Gasteiger partial charge in [0.2, 0.25) is 0 Å². The Balaban J connectivity index is 1.67. The van der Waals surface area contributed by atoms with Gasteiger partial charge in [0.15, 0.2) is 0 Å². The molecule has 1 aromatic carbocycles. The summed E-state index contributed by atoms with van der Waals surface area (Å²) in [6, 6.07) is 5.11. The van der Waals surface area contributed by atoms with Gasteiger partial charge in [-0.05, 0) is 43.9 Å². The van der Waals surface area contributed by atoms with Crippen molar-refractivity contribution < 1.29 is 14.0 Å². The van der Waals surface area contributed by atoms with Crippen LogP contribution in [0.4, 0.5) is 4.39 Å². The second-order valence-corrected chi connectivity index (χ2v) is 7.02. The molecule has 1 aliphatic heterocycles.